The molecule has 1 aromatic heterocycles. The van der Waals surface area contributed by atoms with E-state index in [9.17, 15) is 4.79 Å². The van der Waals surface area contributed by atoms with E-state index in [1.807, 2.05) is 51.1 Å². The van der Waals surface area contributed by atoms with Crippen molar-refractivity contribution in [2.75, 3.05) is 23.8 Å². The summed E-state index contributed by atoms with van der Waals surface area (Å²) in [4.78, 5) is 18.0. The largest absolute Gasteiger partial charge is 0.490 e. The first-order chi connectivity index (χ1) is 15.9. The maximum atomic E-state index is 13.5. The second-order valence-corrected chi connectivity index (χ2v) is 8.58. The van der Waals surface area contributed by atoms with Crippen LogP contribution in [-0.4, -0.2) is 33.9 Å². The van der Waals surface area contributed by atoms with Crippen molar-refractivity contribution in [1.29, 1.82) is 0 Å². The van der Waals surface area contributed by atoms with Gasteiger partial charge in [-0.25, -0.2) is 4.68 Å². The van der Waals surface area contributed by atoms with Gasteiger partial charge in [-0.3, -0.25) is 4.79 Å². The number of fused-ring (bicyclic) bond motifs is 2. The maximum absolute atomic E-state index is 13.5. The van der Waals surface area contributed by atoms with Crippen molar-refractivity contribution < 1.29 is 14.3 Å². The van der Waals surface area contributed by atoms with E-state index < -0.39 is 6.04 Å². The number of hydrogen-bond donors (Lipinski definition) is 2. The van der Waals surface area contributed by atoms with Crippen LogP contribution in [0.3, 0.4) is 0 Å². The number of aryl methyl sites for hydroxylation is 2. The minimum atomic E-state index is -0.500. The Labute approximate surface area is 196 Å². The molecule has 2 N–H and O–H groups in total. The summed E-state index contributed by atoms with van der Waals surface area (Å²) in [5.41, 5.74) is 3.63. The van der Waals surface area contributed by atoms with Crippen LogP contribution in [0.2, 0.25) is 5.02 Å². The van der Waals surface area contributed by atoms with Gasteiger partial charge in [-0.05, 0) is 56.2 Å². The summed E-state index contributed by atoms with van der Waals surface area (Å²) >= 11 is 6.26. The van der Waals surface area contributed by atoms with Crippen LogP contribution in [0.25, 0.3) is 0 Å². The molecular weight excluding hydrogens is 442 g/mol. The zero-order valence-electron chi connectivity index (χ0n) is 18.6. The van der Waals surface area contributed by atoms with Gasteiger partial charge in [0, 0.05) is 22.8 Å². The van der Waals surface area contributed by atoms with Crippen LogP contribution >= 0.6 is 11.6 Å². The third-order valence-corrected chi connectivity index (χ3v) is 6.13. The molecule has 0 saturated carbocycles. The van der Waals surface area contributed by atoms with Gasteiger partial charge in [-0.15, -0.1) is 0 Å². The number of nitrogens with one attached hydrogen (secondary N) is 2. The first kappa shape index (κ1) is 21.3. The van der Waals surface area contributed by atoms with Crippen molar-refractivity contribution in [3.8, 4) is 11.5 Å². The number of halogens is 1. The molecule has 3 heterocycles. The van der Waals surface area contributed by atoms with Crippen molar-refractivity contribution in [3.05, 3.63) is 69.6 Å². The molecule has 3 aromatic rings. The monoisotopic (exact) mass is 465 g/mol. The van der Waals surface area contributed by atoms with Gasteiger partial charge in [-0.1, -0.05) is 23.7 Å². The van der Waals surface area contributed by atoms with Crippen LogP contribution in [0.15, 0.2) is 47.7 Å². The van der Waals surface area contributed by atoms with E-state index in [-0.39, 0.29) is 5.91 Å². The fourth-order valence-corrected chi connectivity index (χ4v) is 4.26. The second-order valence-electron chi connectivity index (χ2n) is 8.17. The molecule has 0 spiro atoms. The standard InChI is InChI=1S/C24H24ClN5O3/c1-13-5-7-17(12-18(13)25)28-23(31)21-14(2)26-24-27-15(3)29-30(24)22(21)16-6-8-19-20(11-16)33-10-4-9-32-19/h5-8,11-12,22H,4,9-10H2,1-3H3,(H,28,31)(H,26,27,29). The molecule has 0 radical (unpaired) electrons. The summed E-state index contributed by atoms with van der Waals surface area (Å²) in [6.07, 6.45) is 0.815. The molecule has 1 unspecified atom stereocenters. The zero-order chi connectivity index (χ0) is 23.1. The number of hydrogen-bond acceptors (Lipinski definition) is 6. The summed E-state index contributed by atoms with van der Waals surface area (Å²) < 4.78 is 13.4. The van der Waals surface area contributed by atoms with Crippen LogP contribution in [0.1, 0.15) is 36.3 Å². The summed E-state index contributed by atoms with van der Waals surface area (Å²) in [5.74, 6) is 2.29. The van der Waals surface area contributed by atoms with Gasteiger partial charge in [0.15, 0.2) is 11.5 Å². The summed E-state index contributed by atoms with van der Waals surface area (Å²) in [6.45, 7) is 6.78. The van der Waals surface area contributed by atoms with Crippen LogP contribution in [0.5, 0.6) is 11.5 Å². The molecule has 0 bridgehead atoms. The molecule has 2 aromatic carbocycles. The Hall–Kier alpha value is -3.52. The van der Waals surface area contributed by atoms with Gasteiger partial charge in [0.25, 0.3) is 5.91 Å². The molecule has 8 nitrogen and oxygen atoms in total. The molecule has 1 amide bonds. The van der Waals surface area contributed by atoms with E-state index in [4.69, 9.17) is 21.1 Å². The van der Waals surface area contributed by atoms with Gasteiger partial charge in [0.1, 0.15) is 11.9 Å². The predicted octanol–water partition coefficient (Wildman–Crippen LogP) is 4.64. The number of ether oxygens (including phenoxy) is 2. The molecule has 2 aliphatic rings. The van der Waals surface area contributed by atoms with Crippen molar-refractivity contribution in [3.63, 3.8) is 0 Å². The molecule has 9 heteroatoms. The molecule has 170 valence electrons. The molecule has 5 rings (SSSR count). The SMILES string of the molecule is CC1=C(C(=O)Nc2ccc(C)c(Cl)c2)C(c2ccc3c(c2)OCCCO3)n2nc(C)nc2N1. The smallest absolute Gasteiger partial charge is 0.255 e. The lowest BCUT2D eigenvalue weighted by Crippen LogP contribution is -2.31. The number of aromatic nitrogens is 3. The van der Waals surface area contributed by atoms with Gasteiger partial charge < -0.3 is 20.1 Å². The Morgan fingerprint density at radius 3 is 2.70 bits per heavy atom. The van der Waals surface area contributed by atoms with E-state index in [2.05, 4.69) is 20.7 Å². The Morgan fingerprint density at radius 1 is 1.12 bits per heavy atom. The summed E-state index contributed by atoms with van der Waals surface area (Å²) in [7, 11) is 0. The number of anilines is 2. The highest BCUT2D eigenvalue weighted by molar-refractivity contribution is 6.31. The normalized spacial score (nSPS) is 17.2. The molecule has 1 atom stereocenters. The summed E-state index contributed by atoms with van der Waals surface area (Å²) in [5, 5.41) is 11.4. The quantitative estimate of drug-likeness (QED) is 0.585. The average molecular weight is 466 g/mol. The zero-order valence-corrected chi connectivity index (χ0v) is 19.4. The fraction of sp³-hybridized carbons (Fsp3) is 0.292. The number of carbonyl (C=O) groups excluding carboxylic acids is 1. The fourth-order valence-electron chi connectivity index (χ4n) is 4.08. The predicted molar refractivity (Wildman–Crippen MR) is 126 cm³/mol. The highest BCUT2D eigenvalue weighted by Crippen LogP contribution is 2.39. The van der Waals surface area contributed by atoms with Crippen LogP contribution in [0.4, 0.5) is 11.6 Å². The van der Waals surface area contributed by atoms with E-state index >= 15 is 0 Å². The Morgan fingerprint density at radius 2 is 1.91 bits per heavy atom. The molecule has 0 aliphatic carbocycles. The van der Waals surface area contributed by atoms with Crippen LogP contribution in [0, 0.1) is 13.8 Å². The molecule has 2 aliphatic heterocycles. The molecule has 33 heavy (non-hydrogen) atoms. The van der Waals surface area contributed by atoms with E-state index in [0.717, 1.165) is 17.5 Å². The van der Waals surface area contributed by atoms with E-state index in [1.54, 1.807) is 10.7 Å². The Kier molecular flexibility index (Phi) is 5.46. The van der Waals surface area contributed by atoms with Crippen molar-refractivity contribution >= 4 is 29.1 Å². The highest BCUT2D eigenvalue weighted by Gasteiger charge is 2.34. The topological polar surface area (TPSA) is 90.3 Å². The van der Waals surface area contributed by atoms with E-state index in [0.29, 0.717) is 58.5 Å². The lowest BCUT2D eigenvalue weighted by atomic mass is 9.94. The first-order valence-corrected chi connectivity index (χ1v) is 11.2. The third kappa shape index (κ3) is 4.02. The maximum Gasteiger partial charge on any atom is 0.255 e. The molecular formula is C24H24ClN5O3. The summed E-state index contributed by atoms with van der Waals surface area (Å²) in [6, 6.07) is 10.7. The van der Waals surface area contributed by atoms with Crippen LogP contribution < -0.4 is 20.1 Å². The molecule has 0 saturated heterocycles. The Bertz CT molecular complexity index is 1280. The second kappa shape index (κ2) is 8.44. The Balaban J connectivity index is 1.57. The van der Waals surface area contributed by atoms with Gasteiger partial charge in [0.2, 0.25) is 5.95 Å². The minimum Gasteiger partial charge on any atom is -0.490 e. The van der Waals surface area contributed by atoms with Gasteiger partial charge in [-0.2, -0.15) is 10.1 Å². The average Bonchev–Trinajstić information content (AvgIpc) is 2.99. The number of benzene rings is 2. The lowest BCUT2D eigenvalue weighted by Gasteiger charge is -2.29. The van der Waals surface area contributed by atoms with E-state index in [1.165, 1.54) is 0 Å². The number of carbonyl (C=O) groups is 1. The third-order valence-electron chi connectivity index (χ3n) is 5.72. The minimum absolute atomic E-state index is 0.254. The van der Waals surface area contributed by atoms with Gasteiger partial charge in [0.05, 0.1) is 18.8 Å². The van der Waals surface area contributed by atoms with Crippen molar-refractivity contribution in [2.45, 2.75) is 33.2 Å². The lowest BCUT2D eigenvalue weighted by molar-refractivity contribution is -0.113. The number of amides is 1. The van der Waals surface area contributed by atoms with Crippen molar-refractivity contribution in [1.82, 2.24) is 14.8 Å². The number of allylic oxidation sites excluding steroid dienone is 1. The highest BCUT2D eigenvalue weighted by atomic mass is 35.5. The number of rotatable bonds is 3. The first-order valence-electron chi connectivity index (χ1n) is 10.8. The van der Waals surface area contributed by atoms with Gasteiger partial charge >= 0.3 is 0 Å². The van der Waals surface area contributed by atoms with Crippen molar-refractivity contribution in [2.24, 2.45) is 0 Å². The van der Waals surface area contributed by atoms with Crippen LogP contribution in [-0.2, 0) is 4.79 Å². The molecule has 0 fully saturated rings. The number of nitrogens with zero attached hydrogens (tertiary/aromatic N) is 3.